The zero-order chi connectivity index (χ0) is 68.7. The zero-order valence-electron chi connectivity index (χ0n) is 54.6. The van der Waals surface area contributed by atoms with Gasteiger partial charge in [-0.15, -0.1) is 0 Å². The van der Waals surface area contributed by atoms with Gasteiger partial charge in [-0.25, -0.2) is 19.0 Å². The zero-order valence-corrected chi connectivity index (χ0v) is 61.9. The van der Waals surface area contributed by atoms with E-state index in [1.165, 1.54) is 34.0 Å². The summed E-state index contributed by atoms with van der Waals surface area (Å²) >= 11 is 17.8. The van der Waals surface area contributed by atoms with Gasteiger partial charge < -0.3 is 53.3 Å². The van der Waals surface area contributed by atoms with E-state index in [0.29, 0.717) is 88.4 Å². The molecule has 2 aromatic heterocycles. The van der Waals surface area contributed by atoms with Crippen molar-refractivity contribution in [1.29, 1.82) is 5.26 Å². The van der Waals surface area contributed by atoms with Crippen molar-refractivity contribution < 1.29 is 46.7 Å². The van der Waals surface area contributed by atoms with Crippen molar-refractivity contribution in [3.63, 3.8) is 0 Å². The van der Waals surface area contributed by atoms with E-state index in [2.05, 4.69) is 88.1 Å². The molecule has 8 aromatic carbocycles. The Balaban J connectivity index is 0.000000263. The molecule has 2 heterocycles. The monoisotopic (exact) mass is 1450 g/mol. The summed E-state index contributed by atoms with van der Waals surface area (Å²) in [5, 5.41) is 51.7. The molecule has 492 valence electrons. The van der Waals surface area contributed by atoms with Gasteiger partial charge >= 0.3 is 29.0 Å². The number of anilines is 3. The second kappa shape index (κ2) is 38.5. The number of benzene rings is 8. The Kier molecular flexibility index (Phi) is 32.2. The van der Waals surface area contributed by atoms with Gasteiger partial charge in [0.1, 0.15) is 34.4 Å². The van der Waals surface area contributed by atoms with Crippen molar-refractivity contribution in [3.8, 4) is 17.4 Å². The Bertz CT molecular complexity index is 4250. The smallest absolute Gasteiger partial charge is 1.00 e. The van der Waals surface area contributed by atoms with Crippen molar-refractivity contribution in [2.24, 2.45) is 11.7 Å². The summed E-state index contributed by atoms with van der Waals surface area (Å²) in [6.07, 6.45) is 1.84. The predicted molar refractivity (Wildman–Crippen MR) is 390 cm³/mol. The summed E-state index contributed by atoms with van der Waals surface area (Å²) in [6, 6.07) is 65.7. The topological polar surface area (TPSA) is 243 Å². The maximum atomic E-state index is 13.1. The number of nitrogens with one attached hydrogen (secondary N) is 1. The second-order valence-electron chi connectivity index (χ2n) is 23.6. The Hall–Kier alpha value is -8.20. The summed E-state index contributed by atoms with van der Waals surface area (Å²) in [7, 11) is -2.58. The number of aromatic nitrogens is 4. The number of carboxylic acid groups (broad SMARTS) is 1. The molecule has 8 N–H and O–H groups in total. The number of aldehydes is 1. The molecule has 16 nitrogen and oxygen atoms in total. The van der Waals surface area contributed by atoms with Crippen LogP contribution in [0.5, 0.6) is 0 Å². The summed E-state index contributed by atoms with van der Waals surface area (Å²) in [6.45, 7) is 26.1. The molecule has 1 fully saturated rings. The number of aromatic carboxylic acids is 1. The predicted octanol–water partition coefficient (Wildman–Crippen LogP) is 13.6. The molecule has 0 spiro atoms. The molecule has 0 aliphatic heterocycles. The van der Waals surface area contributed by atoms with E-state index in [9.17, 15) is 24.6 Å². The normalized spacial score (nSPS) is 11.7. The van der Waals surface area contributed by atoms with E-state index in [1.54, 1.807) is 159 Å². The van der Waals surface area contributed by atoms with Gasteiger partial charge in [0.15, 0.2) is 17.7 Å². The number of rotatable bonds is 14. The first kappa shape index (κ1) is 80.2. The molecule has 2 atom stereocenters. The molecular formula is C73H76BrCl3MgN10O6Si2. The first-order valence-corrected chi connectivity index (χ1v) is 37.9. The van der Waals surface area contributed by atoms with E-state index < -0.39 is 34.6 Å². The number of carbonyl (C=O) groups is 3. The van der Waals surface area contributed by atoms with Gasteiger partial charge in [-0.3, -0.25) is 9.59 Å². The van der Waals surface area contributed by atoms with Crippen LogP contribution >= 0.6 is 34.8 Å². The van der Waals surface area contributed by atoms with Crippen LogP contribution in [0.3, 0.4) is 0 Å². The van der Waals surface area contributed by atoms with Crippen LogP contribution in [0.2, 0.25) is 54.3 Å². The van der Waals surface area contributed by atoms with Crippen LogP contribution in [0.15, 0.2) is 206 Å². The fraction of sp³-hybridized carbons (Fsp3) is 0.192. The molecule has 2 unspecified atom stereocenters. The van der Waals surface area contributed by atoms with Crippen LogP contribution in [-0.4, -0.2) is 99.1 Å². The van der Waals surface area contributed by atoms with Crippen LogP contribution in [0, 0.1) is 43.7 Å². The minimum absolute atomic E-state index is 0. The van der Waals surface area contributed by atoms with E-state index in [0.717, 1.165) is 24.3 Å². The number of aliphatic hydroxyl groups excluding tert-OH is 2. The molecule has 0 bridgehead atoms. The van der Waals surface area contributed by atoms with E-state index in [1.807, 2.05) is 42.5 Å². The van der Waals surface area contributed by atoms with Crippen molar-refractivity contribution in [3.05, 3.63) is 295 Å². The molecule has 1 saturated carbocycles. The Morgan fingerprint density at radius 2 is 1.22 bits per heavy atom. The van der Waals surface area contributed by atoms with Crippen molar-refractivity contribution in [2.75, 3.05) is 21.8 Å². The van der Waals surface area contributed by atoms with Crippen LogP contribution in [0.25, 0.3) is 16.2 Å². The van der Waals surface area contributed by atoms with Crippen LogP contribution in [0.4, 0.5) is 22.7 Å². The third-order valence-electron chi connectivity index (χ3n) is 14.0. The van der Waals surface area contributed by atoms with E-state index in [-0.39, 0.29) is 51.6 Å². The summed E-state index contributed by atoms with van der Waals surface area (Å²) in [5.41, 5.74) is 20.4. The number of nitriles is 1. The Labute approximate surface area is 606 Å². The summed E-state index contributed by atoms with van der Waals surface area (Å²) < 4.78 is 5.54. The molecule has 0 radical (unpaired) electrons. The fourth-order valence-electron chi connectivity index (χ4n) is 9.80. The average Bonchev–Trinajstić information content (AvgIpc) is 1.31. The van der Waals surface area contributed by atoms with Gasteiger partial charge in [0.05, 0.1) is 46.0 Å². The molecule has 96 heavy (non-hydrogen) atoms. The van der Waals surface area contributed by atoms with Gasteiger partial charge in [0.25, 0.3) is 5.91 Å². The minimum Gasteiger partial charge on any atom is -1.00 e. The number of carboxylic acids is 1. The van der Waals surface area contributed by atoms with Gasteiger partial charge in [0, 0.05) is 38.1 Å². The number of aryl methyl sites for hydroxylation is 2. The Morgan fingerprint density at radius 1 is 0.708 bits per heavy atom. The number of hydrogen-bond acceptors (Lipinski definition) is 11. The van der Waals surface area contributed by atoms with Gasteiger partial charge in [-0.05, 0) is 135 Å². The Morgan fingerprint density at radius 3 is 1.69 bits per heavy atom. The SMILES string of the molecule is C[Si](C)(C)N(c1c[c-]ccc1)[Si](C)(C)C.Cc1cc(C(=O)O)n(-c2cccc(C#N)c2)n1.NCC1CC1.Nc1cccc(C(O)c2ccccc2Cl)c1.O=Cc1ccccc1Cl.[Br-].[C-]#[N+]c1cccc(-n2nc(C)cc2C(=O)Nc2cccc(C(O)c3ccccc3Cl)c2)c1.[Mg+2]. The third kappa shape index (κ3) is 24.2. The number of halogens is 4. The number of nitrogens with zero attached hydrogens (tertiary/aromatic N) is 7. The van der Waals surface area contributed by atoms with Crippen molar-refractivity contribution >= 4 is 115 Å². The second-order valence-corrected chi connectivity index (χ2v) is 34.9. The maximum Gasteiger partial charge on any atom is 2.00 e. The van der Waals surface area contributed by atoms with Crippen molar-refractivity contribution in [2.45, 2.75) is 78.2 Å². The van der Waals surface area contributed by atoms with Gasteiger partial charge in [-0.2, -0.15) is 45.8 Å². The third-order valence-corrected chi connectivity index (χ3v) is 22.2. The largest absolute Gasteiger partial charge is 2.00 e. The number of aliphatic hydroxyl groups is 2. The number of amides is 1. The van der Waals surface area contributed by atoms with Crippen LogP contribution in [0.1, 0.15) is 95.6 Å². The molecule has 1 aliphatic carbocycles. The van der Waals surface area contributed by atoms with Gasteiger partial charge in [0.2, 0.25) is 0 Å². The molecule has 11 rings (SSSR count). The van der Waals surface area contributed by atoms with Crippen LogP contribution in [-0.2, 0) is 0 Å². The summed E-state index contributed by atoms with van der Waals surface area (Å²) in [5.74, 6) is -0.494. The fourth-order valence-corrected chi connectivity index (χ4v) is 20.3. The van der Waals surface area contributed by atoms with Gasteiger partial charge in [-0.1, -0.05) is 177 Å². The molecular weight excluding hydrogens is 1380 g/mol. The number of nitrogen functional groups attached to an aromatic ring is 1. The van der Waals surface area contributed by atoms with Crippen molar-refractivity contribution in [1.82, 2.24) is 19.6 Å². The summed E-state index contributed by atoms with van der Waals surface area (Å²) in [4.78, 5) is 37.7. The number of hydrogen-bond donors (Lipinski definition) is 6. The first-order valence-electron chi connectivity index (χ1n) is 29.9. The first-order chi connectivity index (χ1) is 44.8. The molecule has 0 saturated heterocycles. The number of nitrogens with two attached hydrogens (primary N) is 2. The molecule has 10 aromatic rings. The van der Waals surface area contributed by atoms with E-state index in [4.69, 9.17) is 63.2 Å². The number of carbonyl (C=O) groups excluding carboxylic acids is 2. The molecule has 1 aliphatic rings. The van der Waals surface area contributed by atoms with Crippen LogP contribution < -0.4 is 38.0 Å². The molecule has 1 amide bonds. The van der Waals surface area contributed by atoms with E-state index >= 15 is 0 Å². The minimum atomic E-state index is -1.29. The average molecular weight is 1460 g/mol. The quantitative estimate of drug-likeness (QED) is 0.0258. The standard InChI is InChI=1S/C25H19ClN4O2.C13H12ClNO.C12H9N3O2.C12H22NSi2.C7H5ClO.C4H9N.BrH.Mg/c1-16-13-23(30(29-16)20-10-6-8-18(15-20)27-2)25(32)28-19-9-5-7-17(14-19)24(31)21-11-3-4-12-22(21)26;14-12-7-2-1-6-11(12)13(16)9-4-3-5-10(15)8-9;1-8-5-11(12(16)17)15(14-8)10-4-2-3-9(6-10)7-13;1-14(2,3)13(15(4,5)6)12-10-8-7-9-11-12;8-7-4-2-1-3-6(7)5-9;5-3-4-1-2-4;;/h3-15,24,31H,1H3,(H,28,32);1-8,13,16H,15H2;2-6H,1H3,(H,16,17);7-8,10-11H,1-6H3;1-5H;4H,1-3,5H2;1H;/q;;;-1;;;;+2/p-1. The molecule has 23 heteroatoms. The maximum absolute atomic E-state index is 13.1.